The van der Waals surface area contributed by atoms with Gasteiger partial charge in [0.05, 0.1) is 0 Å². The Kier molecular flexibility index (Phi) is 5.23. The lowest BCUT2D eigenvalue weighted by Crippen LogP contribution is -2.14. The standard InChI is InChI=1S/C25H24P/c1-2-20-19-21(25-16-10-9-15-24(20)25)17-18-26(22-11-5-3-6-12-22)23-13-7-4-8-14-23/h3-16,19H,2,17-18H2,1H3/q-1. The minimum absolute atomic E-state index is 0.325. The molecule has 0 spiro atoms. The molecule has 0 atom stereocenters. The SMILES string of the molecule is CC[c-]1cc(CCP(c2ccccc2)c2ccccc2)c2ccccc21. The number of rotatable bonds is 6. The Balaban J connectivity index is 1.66. The van der Waals surface area contributed by atoms with E-state index in [1.807, 2.05) is 0 Å². The van der Waals surface area contributed by atoms with Crippen molar-refractivity contribution < 1.29 is 0 Å². The Morgan fingerprint density at radius 1 is 0.731 bits per heavy atom. The van der Waals surface area contributed by atoms with Gasteiger partial charge < -0.3 is 0 Å². The van der Waals surface area contributed by atoms with Crippen LogP contribution < -0.4 is 10.6 Å². The van der Waals surface area contributed by atoms with Crippen molar-refractivity contribution >= 4 is 29.3 Å². The minimum atomic E-state index is -0.325. The summed E-state index contributed by atoms with van der Waals surface area (Å²) in [4.78, 5) is 0. The van der Waals surface area contributed by atoms with Crippen molar-refractivity contribution in [1.29, 1.82) is 0 Å². The first-order chi connectivity index (χ1) is 12.9. The van der Waals surface area contributed by atoms with E-state index in [2.05, 4.69) is 97.9 Å². The molecular weight excluding hydrogens is 331 g/mol. The Hall–Kier alpha value is -2.30. The maximum absolute atomic E-state index is 2.44. The third kappa shape index (κ3) is 3.48. The van der Waals surface area contributed by atoms with E-state index in [1.165, 1.54) is 38.7 Å². The number of aryl methyl sites for hydroxylation is 2. The maximum Gasteiger partial charge on any atom is -0.0195 e. The fourth-order valence-corrected chi connectivity index (χ4v) is 6.11. The highest BCUT2D eigenvalue weighted by Gasteiger charge is 2.13. The molecule has 0 fully saturated rings. The van der Waals surface area contributed by atoms with Crippen LogP contribution in [-0.2, 0) is 12.8 Å². The molecule has 0 aliphatic heterocycles. The second-order valence-electron chi connectivity index (χ2n) is 6.67. The summed E-state index contributed by atoms with van der Waals surface area (Å²) in [6, 6.07) is 33.4. The molecule has 0 radical (unpaired) electrons. The summed E-state index contributed by atoms with van der Waals surface area (Å²) in [5.41, 5.74) is 3.00. The largest absolute Gasteiger partial charge is 0.153 e. The Morgan fingerprint density at radius 3 is 1.92 bits per heavy atom. The van der Waals surface area contributed by atoms with Crippen LogP contribution in [0.2, 0.25) is 0 Å². The van der Waals surface area contributed by atoms with Gasteiger partial charge >= 0.3 is 0 Å². The van der Waals surface area contributed by atoms with Gasteiger partial charge in [-0.05, 0) is 24.7 Å². The molecule has 26 heavy (non-hydrogen) atoms. The van der Waals surface area contributed by atoms with Crippen LogP contribution in [0.25, 0.3) is 10.8 Å². The van der Waals surface area contributed by atoms with Gasteiger partial charge in [-0.1, -0.05) is 86.5 Å². The maximum atomic E-state index is 2.44. The number of hydrogen-bond donors (Lipinski definition) is 0. The molecule has 0 nitrogen and oxygen atoms in total. The summed E-state index contributed by atoms with van der Waals surface area (Å²) >= 11 is 0. The van der Waals surface area contributed by atoms with Crippen LogP contribution in [0.1, 0.15) is 18.1 Å². The molecule has 0 bridgehead atoms. The fraction of sp³-hybridized carbons (Fsp3) is 0.160. The van der Waals surface area contributed by atoms with Gasteiger partial charge in [-0.3, -0.25) is 0 Å². The molecule has 0 amide bonds. The van der Waals surface area contributed by atoms with Crippen LogP contribution in [0, 0.1) is 0 Å². The van der Waals surface area contributed by atoms with Gasteiger partial charge in [0, 0.05) is 0 Å². The molecule has 130 valence electrons. The van der Waals surface area contributed by atoms with Gasteiger partial charge in [0.15, 0.2) is 0 Å². The zero-order valence-electron chi connectivity index (χ0n) is 15.2. The summed E-state index contributed by atoms with van der Waals surface area (Å²) in [5, 5.41) is 5.83. The highest BCUT2D eigenvalue weighted by molar-refractivity contribution is 7.73. The third-order valence-corrected chi connectivity index (χ3v) is 7.60. The van der Waals surface area contributed by atoms with E-state index >= 15 is 0 Å². The van der Waals surface area contributed by atoms with Crippen LogP contribution >= 0.6 is 7.92 Å². The highest BCUT2D eigenvalue weighted by Crippen LogP contribution is 2.36. The van der Waals surface area contributed by atoms with E-state index in [0.29, 0.717) is 0 Å². The summed E-state index contributed by atoms with van der Waals surface area (Å²) < 4.78 is 0. The summed E-state index contributed by atoms with van der Waals surface area (Å²) in [7, 11) is -0.325. The molecule has 4 aromatic carbocycles. The smallest absolute Gasteiger partial charge is 0.0195 e. The number of benzene rings is 3. The highest BCUT2D eigenvalue weighted by atomic mass is 31.1. The monoisotopic (exact) mass is 355 g/mol. The van der Waals surface area contributed by atoms with Gasteiger partial charge in [-0.2, -0.15) is 5.56 Å². The molecule has 0 heterocycles. The van der Waals surface area contributed by atoms with Crippen LogP contribution in [0.15, 0.2) is 91.0 Å². The van der Waals surface area contributed by atoms with Crippen LogP contribution in [0.3, 0.4) is 0 Å². The van der Waals surface area contributed by atoms with E-state index in [1.54, 1.807) is 0 Å². The quantitative estimate of drug-likeness (QED) is 0.303. The van der Waals surface area contributed by atoms with Gasteiger partial charge in [-0.25, -0.2) is 0 Å². The Morgan fingerprint density at radius 2 is 1.31 bits per heavy atom. The summed E-state index contributed by atoms with van der Waals surface area (Å²) in [5.74, 6) is 0. The lowest BCUT2D eigenvalue weighted by molar-refractivity contribution is 1.14. The van der Waals surface area contributed by atoms with Crippen molar-refractivity contribution in [2.24, 2.45) is 0 Å². The van der Waals surface area contributed by atoms with Crippen molar-refractivity contribution in [2.75, 3.05) is 6.16 Å². The predicted molar refractivity (Wildman–Crippen MR) is 117 cm³/mol. The van der Waals surface area contributed by atoms with Crippen LogP contribution in [0.4, 0.5) is 0 Å². The molecule has 4 aromatic rings. The molecule has 4 rings (SSSR count). The lowest BCUT2D eigenvalue weighted by Gasteiger charge is -2.20. The van der Waals surface area contributed by atoms with E-state index in [-0.39, 0.29) is 7.92 Å². The molecule has 0 aliphatic carbocycles. The van der Waals surface area contributed by atoms with Crippen LogP contribution in [0.5, 0.6) is 0 Å². The predicted octanol–water partition coefficient (Wildman–Crippen LogP) is 5.80. The van der Waals surface area contributed by atoms with Gasteiger partial charge in [-0.15, -0.1) is 40.6 Å². The average molecular weight is 355 g/mol. The molecule has 0 aromatic heterocycles. The lowest BCUT2D eigenvalue weighted by atomic mass is 10.1. The van der Waals surface area contributed by atoms with Crippen molar-refractivity contribution in [3.8, 4) is 0 Å². The molecule has 0 unspecified atom stereocenters. The molecule has 0 saturated carbocycles. The Labute approximate surface area is 157 Å². The zero-order chi connectivity index (χ0) is 17.8. The third-order valence-electron chi connectivity index (χ3n) is 5.09. The van der Waals surface area contributed by atoms with Gasteiger partial charge in [0.2, 0.25) is 0 Å². The van der Waals surface area contributed by atoms with Crippen LogP contribution in [-0.4, -0.2) is 6.16 Å². The van der Waals surface area contributed by atoms with Crippen molar-refractivity contribution in [1.82, 2.24) is 0 Å². The van der Waals surface area contributed by atoms with E-state index in [4.69, 9.17) is 0 Å². The van der Waals surface area contributed by atoms with E-state index in [9.17, 15) is 0 Å². The molecule has 0 N–H and O–H groups in total. The molecular formula is C25H24P-. The first kappa shape index (κ1) is 17.1. The topological polar surface area (TPSA) is 0 Å². The van der Waals surface area contributed by atoms with Crippen molar-refractivity contribution in [2.45, 2.75) is 19.8 Å². The Bertz CT molecular complexity index is 927. The normalized spacial score (nSPS) is 11.3. The second-order valence-corrected chi connectivity index (χ2v) is 9.00. The summed E-state index contributed by atoms with van der Waals surface area (Å²) in [6.45, 7) is 2.26. The first-order valence-electron chi connectivity index (χ1n) is 9.40. The average Bonchev–Trinajstić information content (AvgIpc) is 3.08. The molecule has 0 saturated heterocycles. The summed E-state index contributed by atoms with van der Waals surface area (Å²) in [6.07, 6.45) is 3.43. The minimum Gasteiger partial charge on any atom is -0.153 e. The second kappa shape index (κ2) is 7.94. The van der Waals surface area contributed by atoms with Gasteiger partial charge in [0.1, 0.15) is 0 Å². The van der Waals surface area contributed by atoms with Crippen molar-refractivity contribution in [3.05, 3.63) is 102 Å². The van der Waals surface area contributed by atoms with E-state index in [0.717, 1.165) is 12.8 Å². The first-order valence-corrected chi connectivity index (χ1v) is 10.9. The number of hydrogen-bond acceptors (Lipinski definition) is 0. The zero-order valence-corrected chi connectivity index (χ0v) is 16.1. The fourth-order valence-electron chi connectivity index (χ4n) is 3.76. The number of fused-ring (bicyclic) bond motifs is 1. The van der Waals surface area contributed by atoms with E-state index < -0.39 is 0 Å². The van der Waals surface area contributed by atoms with Gasteiger partial charge in [0.25, 0.3) is 0 Å². The van der Waals surface area contributed by atoms with Crippen molar-refractivity contribution in [3.63, 3.8) is 0 Å². The molecule has 1 heteroatoms. The molecule has 0 aliphatic rings.